The summed E-state index contributed by atoms with van der Waals surface area (Å²) >= 11 is 0. The first kappa shape index (κ1) is 34.4. The van der Waals surface area contributed by atoms with Gasteiger partial charge in [0.05, 0.1) is 18.6 Å². The smallest absolute Gasteiger partial charge is 0.326 e. The van der Waals surface area contributed by atoms with Crippen molar-refractivity contribution < 1.29 is 48.9 Å². The van der Waals surface area contributed by atoms with E-state index >= 15 is 0 Å². The van der Waals surface area contributed by atoms with Crippen LogP contribution in [0.25, 0.3) is 0 Å². The lowest BCUT2D eigenvalue weighted by Crippen LogP contribution is -2.61. The number of aliphatic hydroxyl groups is 1. The average molecular weight is 599 g/mol. The van der Waals surface area contributed by atoms with Crippen LogP contribution in [0.5, 0.6) is 0 Å². The average Bonchev–Trinajstić information content (AvgIpc) is 3.58. The molecule has 16 nitrogen and oxygen atoms in total. The van der Waals surface area contributed by atoms with E-state index in [2.05, 4.69) is 16.0 Å². The van der Waals surface area contributed by atoms with Crippen LogP contribution in [0.3, 0.4) is 0 Å². The van der Waals surface area contributed by atoms with E-state index in [9.17, 15) is 48.9 Å². The van der Waals surface area contributed by atoms with Gasteiger partial charge in [0.25, 0.3) is 0 Å². The van der Waals surface area contributed by atoms with Crippen molar-refractivity contribution >= 4 is 41.5 Å². The van der Waals surface area contributed by atoms with Crippen LogP contribution in [0.4, 0.5) is 0 Å². The van der Waals surface area contributed by atoms with E-state index in [1.807, 2.05) is 0 Å². The Labute approximate surface area is 243 Å². The van der Waals surface area contributed by atoms with E-state index in [1.54, 1.807) is 13.8 Å². The molecule has 0 unspecified atom stereocenters. The number of carboxylic acid groups (broad SMARTS) is 2. The van der Waals surface area contributed by atoms with Gasteiger partial charge in [0.15, 0.2) is 0 Å². The van der Waals surface area contributed by atoms with E-state index in [1.165, 1.54) is 23.6 Å². The first-order valence-corrected chi connectivity index (χ1v) is 14.0. The van der Waals surface area contributed by atoms with Crippen LogP contribution in [0.2, 0.25) is 0 Å². The fraction of sp³-hybridized carbons (Fsp3) is 0.731. The van der Waals surface area contributed by atoms with Crippen LogP contribution >= 0.6 is 0 Å². The molecule has 0 spiro atoms. The molecule has 0 aromatic heterocycles. The van der Waals surface area contributed by atoms with Gasteiger partial charge in [-0.2, -0.15) is 0 Å². The molecule has 2 saturated heterocycles. The van der Waals surface area contributed by atoms with Crippen molar-refractivity contribution in [2.24, 2.45) is 11.7 Å². The maximum absolute atomic E-state index is 13.6. The highest BCUT2D eigenvalue weighted by Crippen LogP contribution is 2.26. The van der Waals surface area contributed by atoms with Gasteiger partial charge < -0.3 is 46.8 Å². The van der Waals surface area contributed by atoms with Gasteiger partial charge in [-0.05, 0) is 45.4 Å². The van der Waals surface area contributed by atoms with E-state index in [0.717, 1.165) is 0 Å². The number of carboxylic acids is 2. The van der Waals surface area contributed by atoms with Gasteiger partial charge in [-0.25, -0.2) is 4.79 Å². The van der Waals surface area contributed by atoms with Crippen molar-refractivity contribution in [2.45, 2.75) is 102 Å². The molecule has 0 bridgehead atoms. The summed E-state index contributed by atoms with van der Waals surface area (Å²) in [6.07, 6.45) is -0.781. The van der Waals surface area contributed by atoms with Gasteiger partial charge in [-0.3, -0.25) is 28.8 Å². The predicted octanol–water partition coefficient (Wildman–Crippen LogP) is -2.63. The minimum Gasteiger partial charge on any atom is -0.481 e. The van der Waals surface area contributed by atoms with Crippen LogP contribution < -0.4 is 21.7 Å². The number of nitrogens with two attached hydrogens (primary N) is 1. The summed E-state index contributed by atoms with van der Waals surface area (Å²) < 4.78 is 0. The van der Waals surface area contributed by atoms with Gasteiger partial charge in [-0.15, -0.1) is 0 Å². The van der Waals surface area contributed by atoms with E-state index < -0.39 is 96.2 Å². The van der Waals surface area contributed by atoms with E-state index in [4.69, 9.17) is 5.73 Å². The van der Waals surface area contributed by atoms with Crippen LogP contribution in [0.1, 0.15) is 59.8 Å². The maximum atomic E-state index is 13.6. The van der Waals surface area contributed by atoms with Gasteiger partial charge >= 0.3 is 11.9 Å². The lowest BCUT2D eigenvalue weighted by atomic mass is 10.0. The number of aliphatic carboxylic acids is 2. The summed E-state index contributed by atoms with van der Waals surface area (Å²) in [5.74, 6) is -6.75. The minimum absolute atomic E-state index is 0.119. The molecule has 2 aliphatic heterocycles. The number of carbonyl (C=O) groups is 7. The Bertz CT molecular complexity index is 1060. The maximum Gasteiger partial charge on any atom is 0.326 e. The van der Waals surface area contributed by atoms with Crippen molar-refractivity contribution in [3.63, 3.8) is 0 Å². The molecule has 5 amide bonds. The number of aliphatic hydroxyl groups excluding tert-OH is 1. The second-order valence-electron chi connectivity index (χ2n) is 11.1. The van der Waals surface area contributed by atoms with E-state index in [-0.39, 0.29) is 19.5 Å². The molecule has 42 heavy (non-hydrogen) atoms. The lowest BCUT2D eigenvalue weighted by molar-refractivity contribution is -0.150. The molecule has 0 aromatic carbocycles. The van der Waals surface area contributed by atoms with Crippen molar-refractivity contribution in [2.75, 3.05) is 13.1 Å². The molecule has 16 heteroatoms. The zero-order valence-corrected chi connectivity index (χ0v) is 24.2. The summed E-state index contributed by atoms with van der Waals surface area (Å²) in [6.45, 7) is 6.20. The molecule has 2 heterocycles. The van der Waals surface area contributed by atoms with Gasteiger partial charge in [0.1, 0.15) is 30.2 Å². The molecule has 0 aliphatic carbocycles. The van der Waals surface area contributed by atoms with Crippen LogP contribution in [-0.4, -0.2) is 122 Å². The number of nitrogens with one attached hydrogen (secondary N) is 3. The summed E-state index contributed by atoms with van der Waals surface area (Å²) in [7, 11) is 0. The van der Waals surface area contributed by atoms with Crippen molar-refractivity contribution in [1.29, 1.82) is 0 Å². The standard InChI is InChI=1S/C26H42N6O10/c1-12(2)19(26(41)42)29-23(38)16-7-5-9-31(16)24(39)17-8-6-10-32(17)25(40)20(14(4)33)30-22(37)15(11-18(34)35)28-21(36)13(3)27/h12-17,19-20,33H,5-11,27H2,1-4H3,(H,28,36)(H,29,38)(H,30,37)(H,34,35)(H,41,42)/t13-,14+,15-,16-,17-,19-,20-/m0/s1. The lowest BCUT2D eigenvalue weighted by Gasteiger charge is -2.34. The van der Waals surface area contributed by atoms with E-state index in [0.29, 0.717) is 19.3 Å². The fourth-order valence-corrected chi connectivity index (χ4v) is 5.05. The van der Waals surface area contributed by atoms with Crippen molar-refractivity contribution in [3.05, 3.63) is 0 Å². The SMILES string of the molecule is CC(C)[C@H](NC(=O)[C@@H]1CCCN1C(=O)[C@@H]1CCCN1C(=O)[C@@H](NC(=O)[C@H](CC(=O)O)NC(=O)[C@H](C)N)[C@@H](C)O)C(=O)O. The number of rotatable bonds is 13. The Balaban J connectivity index is 2.20. The molecule has 236 valence electrons. The highest BCUT2D eigenvalue weighted by atomic mass is 16.4. The molecule has 8 N–H and O–H groups in total. The third-order valence-electron chi connectivity index (χ3n) is 7.36. The van der Waals surface area contributed by atoms with Crippen LogP contribution in [0.15, 0.2) is 0 Å². The molecule has 2 aliphatic rings. The predicted molar refractivity (Wildman–Crippen MR) is 145 cm³/mol. The van der Waals surface area contributed by atoms with Gasteiger partial charge in [-0.1, -0.05) is 13.8 Å². The van der Waals surface area contributed by atoms with Crippen molar-refractivity contribution in [1.82, 2.24) is 25.8 Å². The molecular formula is C26H42N6O10. The van der Waals surface area contributed by atoms with Crippen LogP contribution in [-0.2, 0) is 33.6 Å². The Kier molecular flexibility index (Phi) is 12.2. The molecular weight excluding hydrogens is 556 g/mol. The molecule has 0 saturated carbocycles. The zero-order chi connectivity index (χ0) is 31.9. The number of likely N-dealkylation sites (tertiary alicyclic amines) is 2. The largest absolute Gasteiger partial charge is 0.481 e. The third kappa shape index (κ3) is 8.61. The van der Waals surface area contributed by atoms with Gasteiger partial charge in [0, 0.05) is 13.1 Å². The second-order valence-corrected chi connectivity index (χ2v) is 11.1. The first-order chi connectivity index (χ1) is 19.6. The number of hydrogen-bond donors (Lipinski definition) is 7. The molecule has 0 radical (unpaired) electrons. The number of nitrogens with zero attached hydrogens (tertiary/aromatic N) is 2. The highest BCUT2D eigenvalue weighted by Gasteiger charge is 2.45. The van der Waals surface area contributed by atoms with Crippen molar-refractivity contribution in [3.8, 4) is 0 Å². The summed E-state index contributed by atoms with van der Waals surface area (Å²) in [5, 5.41) is 36.0. The van der Waals surface area contributed by atoms with Gasteiger partial charge in [0.2, 0.25) is 29.5 Å². The quantitative estimate of drug-likeness (QED) is 0.115. The Morgan fingerprint density at radius 2 is 1.38 bits per heavy atom. The highest BCUT2D eigenvalue weighted by molar-refractivity contribution is 5.97. The minimum atomic E-state index is -1.59. The molecule has 2 rings (SSSR count). The molecule has 0 aromatic rings. The Morgan fingerprint density at radius 3 is 1.88 bits per heavy atom. The summed E-state index contributed by atoms with van der Waals surface area (Å²) in [4.78, 5) is 90.5. The summed E-state index contributed by atoms with van der Waals surface area (Å²) in [5.41, 5.74) is 5.49. The first-order valence-electron chi connectivity index (χ1n) is 14.0. The number of hydrogen-bond acceptors (Lipinski definition) is 9. The third-order valence-corrected chi connectivity index (χ3v) is 7.36. The second kappa shape index (κ2) is 14.9. The molecule has 7 atom stereocenters. The fourth-order valence-electron chi connectivity index (χ4n) is 5.05. The zero-order valence-electron chi connectivity index (χ0n) is 24.2. The normalized spacial score (nSPS) is 22.1. The molecule has 2 fully saturated rings. The number of amides is 5. The Morgan fingerprint density at radius 1 is 0.810 bits per heavy atom. The topological polar surface area (TPSA) is 249 Å². The van der Waals surface area contributed by atoms with Crippen LogP contribution in [0, 0.1) is 5.92 Å². The summed E-state index contributed by atoms with van der Waals surface area (Å²) in [6, 6.07) is -7.27. The number of carbonyl (C=O) groups excluding carboxylic acids is 5. The monoisotopic (exact) mass is 598 g/mol. The Hall–Kier alpha value is -3.79.